The van der Waals surface area contributed by atoms with Crippen LogP contribution in [0.25, 0.3) is 0 Å². The van der Waals surface area contributed by atoms with Crippen molar-refractivity contribution in [3.8, 4) is 17.2 Å². The van der Waals surface area contributed by atoms with Crippen LogP contribution in [0.4, 0.5) is 0 Å². The molecule has 138 valence electrons. The number of hydrogen-bond donors (Lipinski definition) is 2. The van der Waals surface area contributed by atoms with Gasteiger partial charge < -0.3 is 33.9 Å². The Balaban J connectivity index is 0.000000922. The summed E-state index contributed by atoms with van der Waals surface area (Å²) >= 11 is 6.15. The van der Waals surface area contributed by atoms with Crippen LogP contribution in [-0.4, -0.2) is 70.5 Å². The van der Waals surface area contributed by atoms with Gasteiger partial charge in [0.05, 0.1) is 25.3 Å². The van der Waals surface area contributed by atoms with Crippen LogP contribution in [0.3, 0.4) is 0 Å². The van der Waals surface area contributed by atoms with Gasteiger partial charge in [0.15, 0.2) is 11.5 Å². The standard InChI is InChI=1S/C13H19ClO5.C2H4O3/c1-15-4-6-18-12-9-10(17-3)8-11(14)13(12)19-7-5-16-2;3-1-2(4)5/h8-9H,4-7H2,1-3H3;3H,1H2,(H,4,5). The maximum absolute atomic E-state index is 9.12. The Labute approximate surface area is 145 Å². The molecule has 0 saturated heterocycles. The van der Waals surface area contributed by atoms with E-state index in [1.54, 1.807) is 33.5 Å². The van der Waals surface area contributed by atoms with Gasteiger partial charge in [0, 0.05) is 26.4 Å². The minimum atomic E-state index is -1.19. The number of aliphatic hydroxyl groups excluding tert-OH is 1. The van der Waals surface area contributed by atoms with E-state index in [9.17, 15) is 0 Å². The molecule has 2 N–H and O–H groups in total. The largest absolute Gasteiger partial charge is 0.497 e. The number of methoxy groups -OCH3 is 3. The van der Waals surface area contributed by atoms with E-state index >= 15 is 0 Å². The lowest BCUT2D eigenvalue weighted by Crippen LogP contribution is -2.09. The van der Waals surface area contributed by atoms with Gasteiger partial charge in [-0.05, 0) is 0 Å². The maximum atomic E-state index is 9.12. The van der Waals surface area contributed by atoms with Crippen molar-refractivity contribution in [2.45, 2.75) is 0 Å². The first kappa shape index (κ1) is 22.3. The van der Waals surface area contributed by atoms with E-state index < -0.39 is 12.6 Å². The Morgan fingerprint density at radius 3 is 2.04 bits per heavy atom. The smallest absolute Gasteiger partial charge is 0.329 e. The molecule has 0 saturated carbocycles. The minimum Gasteiger partial charge on any atom is -0.497 e. The number of aliphatic hydroxyl groups is 1. The molecule has 0 bridgehead atoms. The SMILES string of the molecule is COCCOc1cc(OC)cc(Cl)c1OCCOC.O=C(O)CO. The molecule has 0 unspecified atom stereocenters. The summed E-state index contributed by atoms with van der Waals surface area (Å²) in [5.41, 5.74) is 0. The Morgan fingerprint density at radius 2 is 1.58 bits per heavy atom. The lowest BCUT2D eigenvalue weighted by atomic mass is 10.3. The highest BCUT2D eigenvalue weighted by Gasteiger charge is 2.13. The first-order valence-electron chi connectivity index (χ1n) is 6.93. The Bertz CT molecular complexity index is 481. The van der Waals surface area contributed by atoms with Gasteiger partial charge in [0.2, 0.25) is 0 Å². The van der Waals surface area contributed by atoms with Crippen LogP contribution in [0.5, 0.6) is 17.2 Å². The third kappa shape index (κ3) is 9.41. The van der Waals surface area contributed by atoms with Gasteiger partial charge in [-0.15, -0.1) is 0 Å². The average Bonchev–Trinajstić information content (AvgIpc) is 2.57. The highest BCUT2D eigenvalue weighted by atomic mass is 35.5. The summed E-state index contributed by atoms with van der Waals surface area (Å²) in [5.74, 6) is 0.426. The molecular weight excluding hydrogens is 344 g/mol. The summed E-state index contributed by atoms with van der Waals surface area (Å²) in [6, 6.07) is 3.40. The summed E-state index contributed by atoms with van der Waals surface area (Å²) in [6.07, 6.45) is 0. The molecule has 0 heterocycles. The molecule has 1 aromatic rings. The number of halogens is 1. The van der Waals surface area contributed by atoms with Gasteiger partial charge in [-0.1, -0.05) is 11.6 Å². The van der Waals surface area contributed by atoms with Crippen LogP contribution in [0, 0.1) is 0 Å². The Morgan fingerprint density at radius 1 is 1.04 bits per heavy atom. The van der Waals surface area contributed by atoms with Crippen LogP contribution in [0.1, 0.15) is 0 Å². The summed E-state index contributed by atoms with van der Waals surface area (Å²) in [5, 5.41) is 15.4. The van der Waals surface area contributed by atoms with Crippen molar-refractivity contribution in [1.82, 2.24) is 0 Å². The van der Waals surface area contributed by atoms with Crippen LogP contribution in [-0.2, 0) is 14.3 Å². The van der Waals surface area contributed by atoms with Gasteiger partial charge in [0.25, 0.3) is 0 Å². The second-order valence-electron chi connectivity index (χ2n) is 4.17. The zero-order chi connectivity index (χ0) is 18.4. The van der Waals surface area contributed by atoms with E-state index in [4.69, 9.17) is 50.3 Å². The molecule has 0 spiro atoms. The molecule has 1 aromatic carbocycles. The highest BCUT2D eigenvalue weighted by molar-refractivity contribution is 6.32. The van der Waals surface area contributed by atoms with E-state index in [1.165, 1.54) is 0 Å². The molecule has 0 aliphatic rings. The van der Waals surface area contributed by atoms with Gasteiger partial charge >= 0.3 is 5.97 Å². The monoisotopic (exact) mass is 366 g/mol. The van der Waals surface area contributed by atoms with Crippen molar-refractivity contribution < 1.29 is 38.7 Å². The maximum Gasteiger partial charge on any atom is 0.329 e. The molecule has 0 atom stereocenters. The predicted molar refractivity (Wildman–Crippen MR) is 87.5 cm³/mol. The van der Waals surface area contributed by atoms with Crippen LogP contribution in [0.15, 0.2) is 12.1 Å². The van der Waals surface area contributed by atoms with Gasteiger partial charge in [-0.3, -0.25) is 0 Å². The summed E-state index contributed by atoms with van der Waals surface area (Å²) < 4.78 is 26.2. The fourth-order valence-corrected chi connectivity index (χ4v) is 1.63. The number of carbonyl (C=O) groups is 1. The number of aliphatic carboxylic acids is 1. The number of benzene rings is 1. The van der Waals surface area contributed by atoms with E-state index in [1.807, 2.05) is 0 Å². The quantitative estimate of drug-likeness (QED) is 0.600. The molecule has 0 aromatic heterocycles. The lowest BCUT2D eigenvalue weighted by Gasteiger charge is -2.15. The molecule has 0 amide bonds. The third-order valence-corrected chi connectivity index (χ3v) is 2.71. The minimum absolute atomic E-state index is 0.392. The van der Waals surface area contributed by atoms with E-state index in [-0.39, 0.29) is 0 Å². The molecule has 0 aliphatic carbocycles. The number of rotatable bonds is 10. The second kappa shape index (κ2) is 13.7. The number of hydrogen-bond acceptors (Lipinski definition) is 7. The zero-order valence-corrected chi connectivity index (χ0v) is 14.7. The van der Waals surface area contributed by atoms with Crippen molar-refractivity contribution in [2.75, 3.05) is 54.4 Å². The first-order chi connectivity index (χ1) is 11.5. The second-order valence-corrected chi connectivity index (χ2v) is 4.58. The lowest BCUT2D eigenvalue weighted by molar-refractivity contribution is -0.140. The fraction of sp³-hybridized carbons (Fsp3) is 0.533. The number of carboxylic acid groups (broad SMARTS) is 1. The number of carboxylic acids is 1. The van der Waals surface area contributed by atoms with Crippen molar-refractivity contribution in [2.24, 2.45) is 0 Å². The van der Waals surface area contributed by atoms with E-state index in [0.717, 1.165) is 0 Å². The molecule has 0 fully saturated rings. The van der Waals surface area contributed by atoms with Gasteiger partial charge in [-0.25, -0.2) is 4.79 Å². The first-order valence-corrected chi connectivity index (χ1v) is 7.31. The van der Waals surface area contributed by atoms with Crippen LogP contribution < -0.4 is 14.2 Å². The highest BCUT2D eigenvalue weighted by Crippen LogP contribution is 2.39. The van der Waals surface area contributed by atoms with Crippen LogP contribution in [0.2, 0.25) is 5.02 Å². The fourth-order valence-electron chi connectivity index (χ4n) is 1.37. The number of ether oxygens (including phenoxy) is 5. The van der Waals surface area contributed by atoms with Crippen molar-refractivity contribution >= 4 is 17.6 Å². The molecule has 9 heteroatoms. The molecule has 0 aliphatic heterocycles. The zero-order valence-electron chi connectivity index (χ0n) is 13.9. The van der Waals surface area contributed by atoms with Gasteiger partial charge in [-0.2, -0.15) is 0 Å². The van der Waals surface area contributed by atoms with Gasteiger partial charge in [0.1, 0.15) is 25.6 Å². The summed E-state index contributed by atoms with van der Waals surface area (Å²) in [4.78, 5) is 9.12. The summed E-state index contributed by atoms with van der Waals surface area (Å²) in [7, 11) is 4.78. The third-order valence-electron chi connectivity index (χ3n) is 2.43. The molecule has 1 rings (SSSR count). The van der Waals surface area contributed by atoms with Crippen molar-refractivity contribution in [1.29, 1.82) is 0 Å². The molecule has 0 radical (unpaired) electrons. The van der Waals surface area contributed by atoms with E-state index in [2.05, 4.69) is 0 Å². The van der Waals surface area contributed by atoms with Crippen LogP contribution >= 0.6 is 11.6 Å². The predicted octanol–water partition coefficient (Wildman–Crippen LogP) is 1.46. The average molecular weight is 367 g/mol. The molecule has 24 heavy (non-hydrogen) atoms. The van der Waals surface area contributed by atoms with Crippen molar-refractivity contribution in [3.63, 3.8) is 0 Å². The van der Waals surface area contributed by atoms with E-state index in [0.29, 0.717) is 48.7 Å². The topological polar surface area (TPSA) is 104 Å². The van der Waals surface area contributed by atoms with Crippen molar-refractivity contribution in [3.05, 3.63) is 17.2 Å². The summed E-state index contributed by atoms with van der Waals surface area (Å²) in [6.45, 7) is 0.968. The Kier molecular flexibility index (Phi) is 12.7. The Hall–Kier alpha value is -1.74. The molecular formula is C15H23ClO8. The normalized spacial score (nSPS) is 9.71. The molecule has 8 nitrogen and oxygen atoms in total.